The Balaban J connectivity index is 3.32. The van der Waals surface area contributed by atoms with Gasteiger partial charge in [0.25, 0.3) is 0 Å². The molecule has 1 atom stereocenters. The lowest BCUT2D eigenvalue weighted by Crippen LogP contribution is -2.18. The van der Waals surface area contributed by atoms with Crippen LogP contribution >= 0.6 is 15.9 Å². The number of hydrogen-bond acceptors (Lipinski definition) is 1. The van der Waals surface area contributed by atoms with Crippen LogP contribution in [-0.2, 0) is 0 Å². The summed E-state index contributed by atoms with van der Waals surface area (Å²) in [6, 6.07) is 0.139. The van der Waals surface area contributed by atoms with Crippen molar-refractivity contribution in [2.45, 2.75) is 25.8 Å². The van der Waals surface area contributed by atoms with E-state index in [1.807, 2.05) is 0 Å². The highest BCUT2D eigenvalue weighted by molar-refractivity contribution is 9.11. The third-order valence-electron chi connectivity index (χ3n) is 1.00. The van der Waals surface area contributed by atoms with E-state index in [1.54, 1.807) is 0 Å². The van der Waals surface area contributed by atoms with Gasteiger partial charge >= 0.3 is 0 Å². The van der Waals surface area contributed by atoms with Gasteiger partial charge < -0.3 is 5.73 Å². The zero-order valence-electron chi connectivity index (χ0n) is 5.15. The molecular weight excluding hydrogens is 166 g/mol. The summed E-state index contributed by atoms with van der Waals surface area (Å²) in [6.07, 6.45) is 2.13. The van der Waals surface area contributed by atoms with Gasteiger partial charge in [-0.15, -0.1) is 0 Å². The molecule has 0 spiro atoms. The molecule has 0 saturated heterocycles. The lowest BCUT2D eigenvalue weighted by Gasteiger charge is -2.05. The molecule has 0 radical (unpaired) electrons. The van der Waals surface area contributed by atoms with Crippen LogP contribution in [0.4, 0.5) is 0 Å². The average molecular weight is 178 g/mol. The summed E-state index contributed by atoms with van der Waals surface area (Å²) in [5.74, 6) is 0. The molecule has 48 valence electrons. The molecule has 0 aromatic rings. The van der Waals surface area contributed by atoms with Crippen molar-refractivity contribution in [3.05, 3.63) is 11.1 Å². The molecule has 0 fully saturated rings. The van der Waals surface area contributed by atoms with E-state index in [2.05, 4.69) is 29.4 Å². The van der Waals surface area contributed by atoms with E-state index in [0.29, 0.717) is 0 Å². The molecular formula is C6H12BrN. The maximum Gasteiger partial charge on any atom is 0.0355 e. The maximum absolute atomic E-state index is 5.58. The zero-order chi connectivity index (χ0) is 6.57. The molecule has 0 amide bonds. The third kappa shape index (κ3) is 3.22. The lowest BCUT2D eigenvalue weighted by molar-refractivity contribution is 0.699. The smallest absolute Gasteiger partial charge is 0.0355 e. The molecule has 2 N–H and O–H groups in total. The number of hydrogen-bond donors (Lipinski definition) is 1. The van der Waals surface area contributed by atoms with Crippen LogP contribution in [0.3, 0.4) is 0 Å². The molecule has 8 heavy (non-hydrogen) atoms. The Bertz CT molecular complexity index is 80.6. The van der Waals surface area contributed by atoms with Crippen LogP contribution in [0.25, 0.3) is 0 Å². The van der Waals surface area contributed by atoms with Gasteiger partial charge in [-0.3, -0.25) is 0 Å². The van der Waals surface area contributed by atoms with E-state index in [4.69, 9.17) is 5.73 Å². The van der Waals surface area contributed by atoms with Gasteiger partial charge in [0.1, 0.15) is 0 Å². The van der Waals surface area contributed by atoms with Crippen molar-refractivity contribution in [3.63, 3.8) is 0 Å². The second kappa shape index (κ2) is 4.10. The normalized spacial score (nSPS) is 13.4. The lowest BCUT2D eigenvalue weighted by atomic mass is 10.2. The Hall–Kier alpha value is 0.180. The molecule has 0 aliphatic carbocycles. The van der Waals surface area contributed by atoms with E-state index in [-0.39, 0.29) is 6.04 Å². The molecule has 0 aliphatic rings. The Morgan fingerprint density at radius 3 is 2.50 bits per heavy atom. The van der Waals surface area contributed by atoms with Gasteiger partial charge in [-0.1, -0.05) is 35.9 Å². The highest BCUT2D eigenvalue weighted by Crippen LogP contribution is 2.09. The summed E-state index contributed by atoms with van der Waals surface area (Å²) >= 11 is 3.22. The Kier molecular flexibility index (Phi) is 4.19. The molecule has 0 aromatic carbocycles. The highest BCUT2D eigenvalue weighted by atomic mass is 79.9. The van der Waals surface area contributed by atoms with Crippen molar-refractivity contribution in [1.82, 2.24) is 0 Å². The van der Waals surface area contributed by atoms with Crippen LogP contribution in [0.2, 0.25) is 0 Å². The largest absolute Gasteiger partial charge is 0.324 e. The van der Waals surface area contributed by atoms with Crippen molar-refractivity contribution in [2.24, 2.45) is 5.73 Å². The summed E-state index contributed by atoms with van der Waals surface area (Å²) in [4.78, 5) is 0. The first-order valence-electron chi connectivity index (χ1n) is 2.78. The standard InChI is InChI=1S/C6H12BrN/c1-3-4-6(8)5(2)7/h6H,2-4,8H2,1H3. The minimum absolute atomic E-state index is 0.139. The van der Waals surface area contributed by atoms with Crippen molar-refractivity contribution in [1.29, 1.82) is 0 Å². The molecule has 0 saturated carbocycles. The average Bonchev–Trinajstić information content (AvgIpc) is 1.67. The van der Waals surface area contributed by atoms with Crippen molar-refractivity contribution in [3.8, 4) is 0 Å². The number of rotatable bonds is 3. The van der Waals surface area contributed by atoms with Gasteiger partial charge in [-0.2, -0.15) is 0 Å². The fraction of sp³-hybridized carbons (Fsp3) is 0.667. The fourth-order valence-corrected chi connectivity index (χ4v) is 0.697. The van der Waals surface area contributed by atoms with Crippen LogP contribution in [0.1, 0.15) is 19.8 Å². The molecule has 0 heterocycles. The summed E-state index contributed by atoms with van der Waals surface area (Å²) in [5, 5.41) is 0. The summed E-state index contributed by atoms with van der Waals surface area (Å²) in [6.45, 7) is 5.77. The molecule has 1 nitrogen and oxygen atoms in total. The van der Waals surface area contributed by atoms with Crippen molar-refractivity contribution >= 4 is 15.9 Å². The Labute approximate surface area is 59.1 Å². The predicted molar refractivity (Wildman–Crippen MR) is 41.0 cm³/mol. The Morgan fingerprint density at radius 2 is 2.38 bits per heavy atom. The molecule has 0 aromatic heterocycles. The predicted octanol–water partition coefficient (Wildman–Crippen LogP) is 2.02. The van der Waals surface area contributed by atoms with Gasteiger partial charge in [0.15, 0.2) is 0 Å². The second-order valence-corrected chi connectivity index (χ2v) is 2.86. The van der Waals surface area contributed by atoms with Gasteiger partial charge in [0, 0.05) is 10.5 Å². The van der Waals surface area contributed by atoms with E-state index in [1.165, 1.54) is 0 Å². The first-order chi connectivity index (χ1) is 3.68. The number of halogens is 1. The summed E-state index contributed by atoms with van der Waals surface area (Å²) < 4.78 is 0.902. The highest BCUT2D eigenvalue weighted by Gasteiger charge is 1.99. The molecule has 0 bridgehead atoms. The van der Waals surface area contributed by atoms with Gasteiger partial charge in [0.2, 0.25) is 0 Å². The minimum Gasteiger partial charge on any atom is -0.324 e. The quantitative estimate of drug-likeness (QED) is 0.702. The molecule has 1 unspecified atom stereocenters. The van der Waals surface area contributed by atoms with E-state index in [9.17, 15) is 0 Å². The molecule has 0 rings (SSSR count). The van der Waals surface area contributed by atoms with E-state index in [0.717, 1.165) is 17.3 Å². The van der Waals surface area contributed by atoms with Crippen LogP contribution in [0.5, 0.6) is 0 Å². The van der Waals surface area contributed by atoms with E-state index < -0.39 is 0 Å². The minimum atomic E-state index is 0.139. The third-order valence-corrected chi connectivity index (χ3v) is 1.59. The van der Waals surface area contributed by atoms with Crippen molar-refractivity contribution in [2.75, 3.05) is 0 Å². The van der Waals surface area contributed by atoms with Crippen LogP contribution in [0.15, 0.2) is 11.1 Å². The van der Waals surface area contributed by atoms with Crippen LogP contribution in [-0.4, -0.2) is 6.04 Å². The van der Waals surface area contributed by atoms with Gasteiger partial charge in [-0.05, 0) is 6.42 Å². The fourth-order valence-electron chi connectivity index (χ4n) is 0.468. The first kappa shape index (κ1) is 8.18. The monoisotopic (exact) mass is 177 g/mol. The second-order valence-electron chi connectivity index (χ2n) is 1.84. The Morgan fingerprint density at radius 1 is 1.88 bits per heavy atom. The maximum atomic E-state index is 5.58. The van der Waals surface area contributed by atoms with Crippen molar-refractivity contribution < 1.29 is 0 Å². The summed E-state index contributed by atoms with van der Waals surface area (Å²) in [5.41, 5.74) is 5.58. The molecule has 0 aliphatic heterocycles. The SMILES string of the molecule is C=C(Br)C(N)CCC. The van der Waals surface area contributed by atoms with Gasteiger partial charge in [0.05, 0.1) is 0 Å². The topological polar surface area (TPSA) is 26.0 Å². The molecule has 2 heteroatoms. The first-order valence-corrected chi connectivity index (χ1v) is 3.57. The van der Waals surface area contributed by atoms with Crippen LogP contribution in [0, 0.1) is 0 Å². The van der Waals surface area contributed by atoms with Gasteiger partial charge in [-0.25, -0.2) is 0 Å². The van der Waals surface area contributed by atoms with Crippen LogP contribution < -0.4 is 5.73 Å². The number of nitrogens with two attached hydrogens (primary N) is 1. The van der Waals surface area contributed by atoms with E-state index >= 15 is 0 Å². The zero-order valence-corrected chi connectivity index (χ0v) is 6.74. The summed E-state index contributed by atoms with van der Waals surface area (Å²) in [7, 11) is 0.